The maximum atomic E-state index is 12.6. The maximum Gasteiger partial charge on any atom is 0.236 e. The summed E-state index contributed by atoms with van der Waals surface area (Å²) >= 11 is 0. The normalized spacial score (nSPS) is 16.9. The van der Waals surface area contributed by atoms with Crippen molar-refractivity contribution in [3.05, 3.63) is 58.8 Å². The second-order valence-corrected chi connectivity index (χ2v) is 8.47. The van der Waals surface area contributed by atoms with Crippen molar-refractivity contribution in [1.82, 2.24) is 19.0 Å². The quantitative estimate of drug-likeness (QED) is 0.822. The Morgan fingerprint density at radius 1 is 1.27 bits per heavy atom. The van der Waals surface area contributed by atoms with Gasteiger partial charge >= 0.3 is 0 Å². The first-order chi connectivity index (χ1) is 12.3. The minimum Gasteiger partial charge on any atom is -0.385 e. The van der Waals surface area contributed by atoms with Gasteiger partial charge in [-0.2, -0.15) is 9.40 Å². The highest BCUT2D eigenvalue weighted by Crippen LogP contribution is 2.21. The van der Waals surface area contributed by atoms with Crippen LogP contribution in [0.15, 0.2) is 41.8 Å². The largest absolute Gasteiger partial charge is 0.385 e. The van der Waals surface area contributed by atoms with Crippen molar-refractivity contribution < 1.29 is 13.5 Å². The summed E-state index contributed by atoms with van der Waals surface area (Å²) in [7, 11) is 0.250. The first kappa shape index (κ1) is 18.8. The van der Waals surface area contributed by atoms with Crippen molar-refractivity contribution in [2.24, 2.45) is 0 Å². The van der Waals surface area contributed by atoms with Crippen molar-refractivity contribution in [2.75, 3.05) is 27.2 Å². The summed E-state index contributed by atoms with van der Waals surface area (Å²) < 4.78 is 28.4. The summed E-state index contributed by atoms with van der Waals surface area (Å²) in [6.45, 7) is 1.56. The number of benzene rings is 1. The highest BCUT2D eigenvalue weighted by Gasteiger charge is 2.27. The lowest BCUT2D eigenvalue weighted by molar-refractivity contribution is 0.133. The molecule has 1 atom stereocenters. The third kappa shape index (κ3) is 4.39. The minimum absolute atomic E-state index is 0.253. The van der Waals surface area contributed by atoms with Crippen molar-refractivity contribution in [2.45, 2.75) is 19.2 Å². The fourth-order valence-corrected chi connectivity index (χ4v) is 4.05. The van der Waals surface area contributed by atoms with Gasteiger partial charge in [0.15, 0.2) is 0 Å². The van der Waals surface area contributed by atoms with E-state index in [1.54, 1.807) is 16.8 Å². The van der Waals surface area contributed by atoms with Crippen LogP contribution >= 0.6 is 0 Å². The summed E-state index contributed by atoms with van der Waals surface area (Å²) in [5.41, 5.74) is 2.21. The average molecular weight is 376 g/mol. The van der Waals surface area contributed by atoms with Crippen LogP contribution in [0.3, 0.4) is 0 Å². The van der Waals surface area contributed by atoms with Crippen LogP contribution in [0.4, 0.5) is 0 Å². The Morgan fingerprint density at radius 2 is 2.00 bits per heavy atom. The summed E-state index contributed by atoms with van der Waals surface area (Å²) in [6.07, 6.45) is 0.916. The zero-order chi connectivity index (χ0) is 18.7. The summed E-state index contributed by atoms with van der Waals surface area (Å²) in [5, 5.41) is 15.9. The molecule has 0 saturated carbocycles. The van der Waals surface area contributed by atoms with Gasteiger partial charge in [-0.15, -0.1) is 0 Å². The third-order valence-corrected chi connectivity index (χ3v) is 5.76. The second kappa shape index (κ2) is 7.71. The molecule has 1 aromatic heterocycles. The topological polar surface area (TPSA) is 78.7 Å². The summed E-state index contributed by atoms with van der Waals surface area (Å²) in [6, 6.07) is 11.1. The van der Waals surface area contributed by atoms with E-state index in [0.29, 0.717) is 25.3 Å². The molecule has 3 rings (SSSR count). The molecule has 1 aliphatic rings. The molecule has 1 unspecified atom stereocenters. The Balaban J connectivity index is 1.73. The molecule has 1 aromatic carbocycles. The number of hydrogen-bond acceptors (Lipinski definition) is 5. The van der Waals surface area contributed by atoms with E-state index in [1.807, 2.05) is 49.3 Å². The molecule has 0 bridgehead atoms. The molecule has 0 spiro atoms. The van der Waals surface area contributed by atoms with Crippen LogP contribution in [-0.2, 0) is 23.1 Å². The van der Waals surface area contributed by atoms with Crippen molar-refractivity contribution in [1.29, 1.82) is 0 Å². The zero-order valence-electron chi connectivity index (χ0n) is 15.0. The first-order valence-corrected chi connectivity index (χ1v) is 9.98. The van der Waals surface area contributed by atoms with Gasteiger partial charge in [0.05, 0.1) is 24.5 Å². The fourth-order valence-electron chi connectivity index (χ4n) is 2.90. The van der Waals surface area contributed by atoms with Gasteiger partial charge < -0.3 is 10.0 Å². The van der Waals surface area contributed by atoms with E-state index in [-0.39, 0.29) is 6.54 Å². The van der Waals surface area contributed by atoms with Gasteiger partial charge in [0.1, 0.15) is 6.10 Å². The fraction of sp³-hybridized carbons (Fsp3) is 0.389. The molecule has 26 heavy (non-hydrogen) atoms. The number of fused-ring (bicyclic) bond motifs is 1. The van der Waals surface area contributed by atoms with E-state index >= 15 is 0 Å². The van der Waals surface area contributed by atoms with Gasteiger partial charge in [0.25, 0.3) is 0 Å². The number of hydrogen-bond donors (Lipinski definition) is 1. The van der Waals surface area contributed by atoms with Gasteiger partial charge in [0.2, 0.25) is 10.0 Å². The Hall–Kier alpha value is -2.00. The summed E-state index contributed by atoms with van der Waals surface area (Å²) in [5.74, 6) is 0. The van der Waals surface area contributed by atoms with Crippen molar-refractivity contribution in [3.8, 4) is 0 Å². The highest BCUT2D eigenvalue weighted by atomic mass is 32.2. The molecule has 0 amide bonds. The number of sulfonamides is 1. The molecule has 0 aliphatic carbocycles. The minimum atomic E-state index is -3.51. The molecule has 8 heteroatoms. The number of rotatable bonds is 6. The number of aromatic nitrogens is 2. The van der Waals surface area contributed by atoms with Crippen LogP contribution in [0.5, 0.6) is 0 Å². The Labute approximate surface area is 154 Å². The Morgan fingerprint density at radius 3 is 2.69 bits per heavy atom. The first-order valence-electron chi connectivity index (χ1n) is 8.48. The number of aliphatic hydroxyl groups excluding tert-OH is 1. The lowest BCUT2D eigenvalue weighted by Crippen LogP contribution is -2.37. The van der Waals surface area contributed by atoms with Gasteiger partial charge in [-0.3, -0.25) is 4.68 Å². The summed E-state index contributed by atoms with van der Waals surface area (Å²) in [4.78, 5) is 1.88. The number of aliphatic hydroxyl groups is 1. The standard InChI is InChI=1S/C18H24N4O3S/c1-20(2)14-18(23)17-12-16-13-21(9-10-22(16)19-17)26(24,25)11-8-15-6-4-3-5-7-15/h3-8,11-12,18,23H,9-10,13-14H2,1-2H3. The SMILES string of the molecule is CN(C)CC(O)c1cc2n(n1)CCN(S(=O)(=O)C=Cc1ccccc1)C2. The maximum absolute atomic E-state index is 12.6. The lowest BCUT2D eigenvalue weighted by atomic mass is 10.2. The molecule has 1 aliphatic heterocycles. The van der Waals surface area contributed by atoms with Gasteiger partial charge in [0, 0.05) is 18.5 Å². The van der Waals surface area contributed by atoms with Crippen molar-refractivity contribution in [3.63, 3.8) is 0 Å². The molecule has 0 radical (unpaired) electrons. The van der Waals surface area contributed by atoms with Gasteiger partial charge in [-0.25, -0.2) is 8.42 Å². The lowest BCUT2D eigenvalue weighted by Gasteiger charge is -2.25. The average Bonchev–Trinajstić information content (AvgIpc) is 3.04. The van der Waals surface area contributed by atoms with Crippen LogP contribution in [-0.4, -0.2) is 59.7 Å². The highest BCUT2D eigenvalue weighted by molar-refractivity contribution is 7.92. The molecule has 140 valence electrons. The van der Waals surface area contributed by atoms with Crippen molar-refractivity contribution >= 4 is 16.1 Å². The van der Waals surface area contributed by atoms with Crippen LogP contribution in [0.2, 0.25) is 0 Å². The molecular weight excluding hydrogens is 352 g/mol. The molecule has 2 heterocycles. The van der Waals surface area contributed by atoms with E-state index in [1.165, 1.54) is 9.71 Å². The predicted octanol–water partition coefficient (Wildman–Crippen LogP) is 1.29. The smallest absolute Gasteiger partial charge is 0.236 e. The molecule has 0 saturated heterocycles. The van der Waals surface area contributed by atoms with Crippen LogP contribution < -0.4 is 0 Å². The molecule has 1 N–H and O–H groups in total. The van der Waals surface area contributed by atoms with Crippen LogP contribution in [0.25, 0.3) is 6.08 Å². The van der Waals surface area contributed by atoms with E-state index < -0.39 is 16.1 Å². The molecule has 2 aromatic rings. The van der Waals surface area contributed by atoms with E-state index in [2.05, 4.69) is 5.10 Å². The zero-order valence-corrected chi connectivity index (χ0v) is 15.8. The third-order valence-electron chi connectivity index (χ3n) is 4.25. The second-order valence-electron chi connectivity index (χ2n) is 6.65. The predicted molar refractivity (Wildman–Crippen MR) is 101 cm³/mol. The van der Waals surface area contributed by atoms with Crippen LogP contribution in [0, 0.1) is 0 Å². The van der Waals surface area contributed by atoms with E-state index in [9.17, 15) is 13.5 Å². The Kier molecular flexibility index (Phi) is 5.57. The number of nitrogens with zero attached hydrogens (tertiary/aromatic N) is 4. The van der Waals surface area contributed by atoms with E-state index in [4.69, 9.17) is 0 Å². The number of likely N-dealkylation sites (N-methyl/N-ethyl adjacent to an activating group) is 1. The Bertz CT molecular complexity index is 875. The van der Waals surface area contributed by atoms with Gasteiger partial charge in [-0.05, 0) is 31.8 Å². The van der Waals surface area contributed by atoms with Crippen LogP contribution in [0.1, 0.15) is 23.1 Å². The monoisotopic (exact) mass is 376 g/mol. The van der Waals surface area contributed by atoms with Gasteiger partial charge in [-0.1, -0.05) is 30.3 Å². The van der Waals surface area contributed by atoms with E-state index in [0.717, 1.165) is 11.3 Å². The molecule has 7 nitrogen and oxygen atoms in total. The molecule has 0 fully saturated rings. The molecular formula is C18H24N4O3S.